The summed E-state index contributed by atoms with van der Waals surface area (Å²) >= 11 is 0. The first kappa shape index (κ1) is 22.9. The number of hydrogen-bond acceptors (Lipinski definition) is 4. The lowest BCUT2D eigenvalue weighted by Gasteiger charge is -2.31. The molecule has 0 radical (unpaired) electrons. The fourth-order valence-corrected chi connectivity index (χ4v) is 3.05. The van der Waals surface area contributed by atoms with E-state index in [4.69, 9.17) is 15.0 Å². The molecule has 0 saturated carbocycles. The molecule has 8 nitrogen and oxygen atoms in total. The van der Waals surface area contributed by atoms with Crippen molar-refractivity contribution in [2.24, 2.45) is 5.92 Å². The van der Waals surface area contributed by atoms with E-state index in [-0.39, 0.29) is 18.2 Å². The molecule has 1 aromatic carbocycles. The summed E-state index contributed by atoms with van der Waals surface area (Å²) in [6.07, 6.45) is -0.0328. The molecule has 3 rings (SSSR count). The number of carboxylic acids is 2. The van der Waals surface area contributed by atoms with E-state index in [2.05, 4.69) is 9.97 Å². The molecule has 0 bridgehead atoms. The predicted molar refractivity (Wildman–Crippen MR) is 98.6 cm³/mol. The molecule has 0 atom stereocenters. The fraction of sp³-hybridized carbons (Fsp3) is 0.368. The first-order valence-corrected chi connectivity index (χ1v) is 8.99. The van der Waals surface area contributed by atoms with Crippen LogP contribution in [-0.2, 0) is 9.59 Å². The van der Waals surface area contributed by atoms with Gasteiger partial charge in [0.05, 0.1) is 5.56 Å². The lowest BCUT2D eigenvalue weighted by Crippen LogP contribution is -2.39. The number of carbonyl (C=O) groups is 3. The van der Waals surface area contributed by atoms with Crippen molar-refractivity contribution in [1.29, 1.82) is 0 Å². The van der Waals surface area contributed by atoms with Gasteiger partial charge in [0, 0.05) is 37.5 Å². The highest BCUT2D eigenvalue weighted by Gasteiger charge is 2.38. The highest BCUT2D eigenvalue weighted by Crippen LogP contribution is 2.25. The molecule has 1 aliphatic heterocycles. The maximum Gasteiger partial charge on any atom is 0.490 e. The number of hydrogen-bond donors (Lipinski definition) is 3. The van der Waals surface area contributed by atoms with E-state index in [1.807, 2.05) is 24.3 Å². The zero-order valence-corrected chi connectivity index (χ0v) is 15.7. The maximum atomic E-state index is 12.8. The second-order valence-electron chi connectivity index (χ2n) is 6.62. The van der Waals surface area contributed by atoms with E-state index in [0.29, 0.717) is 24.5 Å². The van der Waals surface area contributed by atoms with Crippen LogP contribution in [0.4, 0.5) is 13.2 Å². The summed E-state index contributed by atoms with van der Waals surface area (Å²) in [6.45, 7) is 1.20. The average molecular weight is 427 g/mol. The second-order valence-corrected chi connectivity index (χ2v) is 6.62. The lowest BCUT2D eigenvalue weighted by atomic mass is 9.93. The number of aromatic nitrogens is 2. The van der Waals surface area contributed by atoms with E-state index in [9.17, 15) is 22.8 Å². The number of imidazole rings is 1. The van der Waals surface area contributed by atoms with Crippen LogP contribution in [0.3, 0.4) is 0 Å². The number of halogens is 3. The van der Waals surface area contributed by atoms with Crippen molar-refractivity contribution in [3.8, 4) is 11.4 Å². The van der Waals surface area contributed by atoms with Crippen LogP contribution in [0.2, 0.25) is 0 Å². The van der Waals surface area contributed by atoms with Crippen molar-refractivity contribution in [2.45, 2.75) is 25.4 Å². The number of likely N-dealkylation sites (tertiary alicyclic amines) is 1. The van der Waals surface area contributed by atoms with Crippen LogP contribution in [-0.4, -0.2) is 62.2 Å². The van der Waals surface area contributed by atoms with Crippen molar-refractivity contribution in [2.75, 3.05) is 13.1 Å². The molecule has 1 fully saturated rings. The summed E-state index contributed by atoms with van der Waals surface area (Å²) in [7, 11) is 0. The molecular weight excluding hydrogens is 407 g/mol. The quantitative estimate of drug-likeness (QED) is 0.689. The molecule has 0 aliphatic carbocycles. The van der Waals surface area contributed by atoms with Gasteiger partial charge < -0.3 is 20.1 Å². The van der Waals surface area contributed by atoms with E-state index in [1.165, 1.54) is 0 Å². The largest absolute Gasteiger partial charge is 0.490 e. The molecule has 1 amide bonds. The monoisotopic (exact) mass is 427 g/mol. The molecule has 2 heterocycles. The van der Waals surface area contributed by atoms with Gasteiger partial charge in [0.15, 0.2) is 0 Å². The third kappa shape index (κ3) is 6.33. The van der Waals surface area contributed by atoms with E-state index < -0.39 is 18.1 Å². The molecule has 3 N–H and O–H groups in total. The Kier molecular flexibility index (Phi) is 7.56. The highest BCUT2D eigenvalue weighted by molar-refractivity contribution is 6.00. The van der Waals surface area contributed by atoms with E-state index >= 15 is 0 Å². The molecule has 2 aromatic rings. The third-order valence-corrected chi connectivity index (χ3v) is 4.52. The SMILES string of the molecule is O=C(O)C(F)(F)F.O=C(O)CC1CCN(C(=O)c2ccccc2-c2ncc[nH]2)CC1. The molecular formula is C19H20F3N3O5. The zero-order chi connectivity index (χ0) is 22.3. The normalized spacial score (nSPS) is 14.6. The molecule has 1 aliphatic rings. The van der Waals surface area contributed by atoms with Crippen LogP contribution in [0.15, 0.2) is 36.7 Å². The number of carbonyl (C=O) groups excluding carboxylic acids is 1. The van der Waals surface area contributed by atoms with Gasteiger partial charge in [0.25, 0.3) is 5.91 Å². The Hall–Kier alpha value is -3.37. The molecule has 11 heteroatoms. The van der Waals surface area contributed by atoms with E-state index in [0.717, 1.165) is 18.4 Å². The van der Waals surface area contributed by atoms with Crippen molar-refractivity contribution in [3.63, 3.8) is 0 Å². The topological polar surface area (TPSA) is 124 Å². The average Bonchev–Trinajstić information content (AvgIpc) is 3.22. The number of nitrogens with zero attached hydrogens (tertiary/aromatic N) is 2. The first-order chi connectivity index (χ1) is 14.1. The molecule has 0 spiro atoms. The van der Waals surface area contributed by atoms with Crippen molar-refractivity contribution >= 4 is 17.8 Å². The van der Waals surface area contributed by atoms with Gasteiger partial charge in [-0.3, -0.25) is 9.59 Å². The number of aliphatic carboxylic acids is 2. The minimum atomic E-state index is -5.08. The van der Waals surface area contributed by atoms with Crippen molar-refractivity contribution in [1.82, 2.24) is 14.9 Å². The number of carboxylic acid groups (broad SMARTS) is 2. The van der Waals surface area contributed by atoms with Gasteiger partial charge in [-0.2, -0.15) is 13.2 Å². The number of amides is 1. The predicted octanol–water partition coefficient (Wildman–Crippen LogP) is 3.04. The summed E-state index contributed by atoms with van der Waals surface area (Å²) in [6, 6.07) is 7.41. The number of nitrogens with one attached hydrogen (secondary N) is 1. The van der Waals surface area contributed by atoms with Crippen molar-refractivity contribution in [3.05, 3.63) is 42.2 Å². The van der Waals surface area contributed by atoms with Crippen LogP contribution in [0, 0.1) is 5.92 Å². The highest BCUT2D eigenvalue weighted by atomic mass is 19.4. The lowest BCUT2D eigenvalue weighted by molar-refractivity contribution is -0.192. The van der Waals surface area contributed by atoms with Crippen LogP contribution in [0.25, 0.3) is 11.4 Å². The Balaban J connectivity index is 0.000000396. The second kappa shape index (κ2) is 9.90. The van der Waals surface area contributed by atoms with Crippen LogP contribution in [0.5, 0.6) is 0 Å². The number of aromatic amines is 1. The summed E-state index contributed by atoms with van der Waals surface area (Å²) in [5, 5.41) is 16.0. The van der Waals surface area contributed by atoms with Gasteiger partial charge >= 0.3 is 18.1 Å². The molecule has 30 heavy (non-hydrogen) atoms. The van der Waals surface area contributed by atoms with Gasteiger partial charge in [-0.25, -0.2) is 9.78 Å². The van der Waals surface area contributed by atoms with Crippen LogP contribution >= 0.6 is 0 Å². The number of piperidine rings is 1. The Bertz CT molecular complexity index is 876. The van der Waals surface area contributed by atoms with Gasteiger partial charge in [0.1, 0.15) is 5.82 Å². The minimum absolute atomic E-state index is 0.0224. The molecule has 1 saturated heterocycles. The van der Waals surface area contributed by atoms with Crippen LogP contribution in [0.1, 0.15) is 29.6 Å². The number of H-pyrrole nitrogens is 1. The molecule has 162 valence electrons. The smallest absolute Gasteiger partial charge is 0.481 e. The van der Waals surface area contributed by atoms with Crippen LogP contribution < -0.4 is 0 Å². The van der Waals surface area contributed by atoms with Gasteiger partial charge in [0.2, 0.25) is 0 Å². The Morgan fingerprint density at radius 1 is 1.13 bits per heavy atom. The Morgan fingerprint density at radius 3 is 2.23 bits per heavy atom. The van der Waals surface area contributed by atoms with Crippen molar-refractivity contribution < 1.29 is 37.8 Å². The van der Waals surface area contributed by atoms with E-state index in [1.54, 1.807) is 17.3 Å². The summed E-state index contributed by atoms with van der Waals surface area (Å²) in [5.41, 5.74) is 1.41. The standard InChI is InChI=1S/C17H19N3O3.C2HF3O2/c21-15(22)11-12-5-9-20(10-6-12)17(23)14-4-2-1-3-13(14)16-18-7-8-19-16;3-2(4,5)1(6)7/h1-4,7-8,12H,5-6,9-11H2,(H,18,19)(H,21,22);(H,6,7). The third-order valence-electron chi connectivity index (χ3n) is 4.52. The summed E-state index contributed by atoms with van der Waals surface area (Å²) in [5.74, 6) is -2.71. The maximum absolute atomic E-state index is 12.8. The first-order valence-electron chi connectivity index (χ1n) is 8.99. The number of rotatable bonds is 4. The Morgan fingerprint density at radius 2 is 1.73 bits per heavy atom. The number of alkyl halides is 3. The zero-order valence-electron chi connectivity index (χ0n) is 15.7. The molecule has 0 unspecified atom stereocenters. The van der Waals surface area contributed by atoms with Gasteiger partial charge in [-0.1, -0.05) is 18.2 Å². The number of benzene rings is 1. The Labute approximate surface area is 169 Å². The van der Waals surface area contributed by atoms with Gasteiger partial charge in [-0.15, -0.1) is 0 Å². The summed E-state index contributed by atoms with van der Waals surface area (Å²) < 4.78 is 31.7. The van der Waals surface area contributed by atoms with Gasteiger partial charge in [-0.05, 0) is 24.8 Å². The summed E-state index contributed by atoms with van der Waals surface area (Å²) in [4.78, 5) is 41.6. The molecule has 1 aromatic heterocycles. The minimum Gasteiger partial charge on any atom is -0.481 e. The fourth-order valence-electron chi connectivity index (χ4n) is 3.05.